The summed E-state index contributed by atoms with van der Waals surface area (Å²) in [4.78, 5) is 2.98. The van der Waals surface area contributed by atoms with Crippen LogP contribution in [0.3, 0.4) is 0 Å². The fraction of sp³-hybridized carbons (Fsp3) is 0.231. The number of aliphatic hydroxyl groups is 1. The van der Waals surface area contributed by atoms with Gasteiger partial charge in [0.2, 0.25) is 0 Å². The fourth-order valence-electron chi connectivity index (χ4n) is 1.72. The number of H-pyrrole nitrogens is 1. The molecule has 2 N–H and O–H groups in total. The van der Waals surface area contributed by atoms with Crippen LogP contribution in [-0.4, -0.2) is 24.3 Å². The van der Waals surface area contributed by atoms with E-state index in [0.717, 1.165) is 11.3 Å². The molecule has 0 radical (unpaired) electrons. The van der Waals surface area contributed by atoms with Gasteiger partial charge in [0.1, 0.15) is 6.10 Å². The zero-order valence-electron chi connectivity index (χ0n) is 9.81. The van der Waals surface area contributed by atoms with Gasteiger partial charge in [0.25, 0.3) is 0 Å². The average Bonchev–Trinajstić information content (AvgIpc) is 2.90. The summed E-state index contributed by atoms with van der Waals surface area (Å²) < 4.78 is 10.3. The number of hydrogen-bond acceptors (Lipinski definition) is 3. The lowest BCUT2D eigenvalue weighted by atomic mass is 10.1. The fourth-order valence-corrected chi connectivity index (χ4v) is 1.72. The van der Waals surface area contributed by atoms with Crippen LogP contribution in [0, 0.1) is 0 Å². The largest absolute Gasteiger partial charge is 0.493 e. The highest BCUT2D eigenvalue weighted by Gasteiger charge is 2.13. The van der Waals surface area contributed by atoms with E-state index in [1.54, 1.807) is 32.5 Å². The van der Waals surface area contributed by atoms with E-state index in [4.69, 9.17) is 9.47 Å². The molecule has 1 aromatic heterocycles. The third kappa shape index (κ3) is 2.26. The van der Waals surface area contributed by atoms with Gasteiger partial charge in [0.05, 0.1) is 14.2 Å². The number of nitrogens with one attached hydrogen (secondary N) is 1. The molecule has 4 nitrogen and oxygen atoms in total. The normalized spacial score (nSPS) is 12.2. The van der Waals surface area contributed by atoms with Gasteiger partial charge in [-0.1, -0.05) is 6.07 Å². The van der Waals surface area contributed by atoms with Crippen LogP contribution >= 0.6 is 0 Å². The van der Waals surface area contributed by atoms with Crippen molar-refractivity contribution in [3.8, 4) is 11.5 Å². The zero-order valence-corrected chi connectivity index (χ0v) is 9.81. The van der Waals surface area contributed by atoms with Gasteiger partial charge >= 0.3 is 0 Å². The summed E-state index contributed by atoms with van der Waals surface area (Å²) in [6.07, 6.45) is 1.09. The van der Waals surface area contributed by atoms with Crippen LogP contribution in [0.2, 0.25) is 0 Å². The summed E-state index contributed by atoms with van der Waals surface area (Å²) in [6, 6.07) is 9.04. The summed E-state index contributed by atoms with van der Waals surface area (Å²) in [5.41, 5.74) is 1.50. The Labute approximate surface area is 99.8 Å². The van der Waals surface area contributed by atoms with Gasteiger partial charge in [-0.2, -0.15) is 0 Å². The van der Waals surface area contributed by atoms with Crippen LogP contribution in [0.25, 0.3) is 0 Å². The summed E-state index contributed by atoms with van der Waals surface area (Å²) in [5, 5.41) is 10.1. The molecular weight excluding hydrogens is 218 g/mol. The van der Waals surface area contributed by atoms with Gasteiger partial charge in [0, 0.05) is 11.9 Å². The number of rotatable bonds is 4. The molecule has 90 valence electrons. The molecule has 1 atom stereocenters. The number of methoxy groups -OCH3 is 2. The van der Waals surface area contributed by atoms with Crippen LogP contribution in [0.4, 0.5) is 0 Å². The molecule has 0 aliphatic carbocycles. The molecule has 4 heteroatoms. The van der Waals surface area contributed by atoms with E-state index in [1.165, 1.54) is 0 Å². The van der Waals surface area contributed by atoms with Crippen LogP contribution in [-0.2, 0) is 0 Å². The second-order valence-corrected chi connectivity index (χ2v) is 3.64. The van der Waals surface area contributed by atoms with E-state index in [1.807, 2.05) is 18.2 Å². The Bertz CT molecular complexity index is 479. The maximum atomic E-state index is 10.1. The molecule has 0 saturated carbocycles. The first-order valence-corrected chi connectivity index (χ1v) is 5.29. The maximum absolute atomic E-state index is 10.1. The average molecular weight is 233 g/mol. The summed E-state index contributed by atoms with van der Waals surface area (Å²) >= 11 is 0. The van der Waals surface area contributed by atoms with Crippen molar-refractivity contribution >= 4 is 0 Å². The van der Waals surface area contributed by atoms with Crippen molar-refractivity contribution in [2.24, 2.45) is 0 Å². The van der Waals surface area contributed by atoms with E-state index in [0.29, 0.717) is 11.5 Å². The van der Waals surface area contributed by atoms with Crippen molar-refractivity contribution in [3.63, 3.8) is 0 Å². The van der Waals surface area contributed by atoms with Gasteiger partial charge < -0.3 is 19.6 Å². The molecule has 2 aromatic rings. The molecule has 0 fully saturated rings. The third-order valence-electron chi connectivity index (χ3n) is 2.64. The van der Waals surface area contributed by atoms with E-state index >= 15 is 0 Å². The predicted octanol–water partition coefficient (Wildman–Crippen LogP) is 2.11. The predicted molar refractivity (Wildman–Crippen MR) is 64.4 cm³/mol. The van der Waals surface area contributed by atoms with E-state index in [9.17, 15) is 5.11 Å². The first-order chi connectivity index (χ1) is 8.26. The second-order valence-electron chi connectivity index (χ2n) is 3.64. The molecular formula is C13H15NO3. The molecule has 2 rings (SSSR count). The molecule has 1 heterocycles. The minimum atomic E-state index is -0.690. The van der Waals surface area contributed by atoms with Gasteiger partial charge in [-0.15, -0.1) is 0 Å². The lowest BCUT2D eigenvalue weighted by Gasteiger charge is -2.13. The van der Waals surface area contributed by atoms with Gasteiger partial charge in [-0.05, 0) is 29.8 Å². The first-order valence-electron chi connectivity index (χ1n) is 5.29. The van der Waals surface area contributed by atoms with Gasteiger partial charge in [-0.3, -0.25) is 0 Å². The summed E-state index contributed by atoms with van der Waals surface area (Å²) in [5.74, 6) is 1.26. The van der Waals surface area contributed by atoms with E-state index in [-0.39, 0.29) is 0 Å². The third-order valence-corrected chi connectivity index (χ3v) is 2.64. The molecule has 0 bridgehead atoms. The summed E-state index contributed by atoms with van der Waals surface area (Å²) in [7, 11) is 3.15. The van der Waals surface area contributed by atoms with Crippen molar-refractivity contribution in [1.82, 2.24) is 4.98 Å². The van der Waals surface area contributed by atoms with Crippen molar-refractivity contribution in [1.29, 1.82) is 0 Å². The number of benzene rings is 1. The van der Waals surface area contributed by atoms with Crippen LogP contribution < -0.4 is 9.47 Å². The highest BCUT2D eigenvalue weighted by atomic mass is 16.5. The Morgan fingerprint density at radius 3 is 2.47 bits per heavy atom. The Morgan fingerprint density at radius 2 is 1.88 bits per heavy atom. The number of hydrogen-bond donors (Lipinski definition) is 2. The molecule has 1 aromatic carbocycles. The number of aromatic nitrogens is 1. The quantitative estimate of drug-likeness (QED) is 0.850. The minimum absolute atomic E-state index is 0.607. The van der Waals surface area contributed by atoms with Crippen molar-refractivity contribution < 1.29 is 14.6 Å². The van der Waals surface area contributed by atoms with Crippen molar-refractivity contribution in [2.45, 2.75) is 6.10 Å². The number of ether oxygens (including phenoxy) is 2. The van der Waals surface area contributed by atoms with Crippen LogP contribution in [0.1, 0.15) is 17.4 Å². The Kier molecular flexibility index (Phi) is 3.35. The molecule has 0 amide bonds. The molecule has 0 saturated heterocycles. The van der Waals surface area contributed by atoms with Gasteiger partial charge in [-0.25, -0.2) is 0 Å². The number of aliphatic hydroxyl groups excluding tert-OH is 1. The highest BCUT2D eigenvalue weighted by molar-refractivity contribution is 5.44. The molecule has 17 heavy (non-hydrogen) atoms. The highest BCUT2D eigenvalue weighted by Crippen LogP contribution is 2.31. The summed E-state index contributed by atoms with van der Waals surface area (Å²) in [6.45, 7) is 0. The first kappa shape index (κ1) is 11.5. The smallest absolute Gasteiger partial charge is 0.161 e. The Morgan fingerprint density at radius 1 is 1.12 bits per heavy atom. The van der Waals surface area contributed by atoms with Crippen molar-refractivity contribution in [2.75, 3.05) is 14.2 Å². The molecule has 0 spiro atoms. The molecule has 0 aliphatic rings. The van der Waals surface area contributed by atoms with Crippen LogP contribution in [0.15, 0.2) is 36.5 Å². The standard InChI is InChI=1S/C13H15NO3/c1-16-11-6-5-9(8-12(11)17-2)13(15)10-4-3-7-14-10/h3-8,13-15H,1-2H3. The maximum Gasteiger partial charge on any atom is 0.161 e. The zero-order chi connectivity index (χ0) is 12.3. The SMILES string of the molecule is COc1ccc(C(O)c2ccc[nH]2)cc1OC. The van der Waals surface area contributed by atoms with Crippen LogP contribution in [0.5, 0.6) is 11.5 Å². The Hall–Kier alpha value is -1.94. The second kappa shape index (κ2) is 4.93. The molecule has 1 unspecified atom stereocenters. The van der Waals surface area contributed by atoms with E-state index in [2.05, 4.69) is 4.98 Å². The number of aromatic amines is 1. The van der Waals surface area contributed by atoms with E-state index < -0.39 is 6.10 Å². The van der Waals surface area contributed by atoms with Crippen molar-refractivity contribution in [3.05, 3.63) is 47.8 Å². The Balaban J connectivity index is 2.33. The molecule has 0 aliphatic heterocycles. The van der Waals surface area contributed by atoms with Gasteiger partial charge in [0.15, 0.2) is 11.5 Å². The topological polar surface area (TPSA) is 54.5 Å². The minimum Gasteiger partial charge on any atom is -0.493 e. The monoisotopic (exact) mass is 233 g/mol. The lowest BCUT2D eigenvalue weighted by Crippen LogP contribution is -2.01. The lowest BCUT2D eigenvalue weighted by molar-refractivity contribution is 0.215.